The second kappa shape index (κ2) is 6.74. The van der Waals surface area contributed by atoms with Gasteiger partial charge in [-0.15, -0.1) is 12.4 Å². The van der Waals surface area contributed by atoms with E-state index in [0.29, 0.717) is 23.6 Å². The molecule has 0 saturated carbocycles. The Balaban J connectivity index is 0.00000225. The zero-order valence-corrected chi connectivity index (χ0v) is 10.8. The summed E-state index contributed by atoms with van der Waals surface area (Å²) in [5, 5.41) is 9.94. The van der Waals surface area contributed by atoms with E-state index >= 15 is 0 Å². The molecule has 0 unspecified atom stereocenters. The Morgan fingerprint density at radius 1 is 1.44 bits per heavy atom. The highest BCUT2D eigenvalue weighted by Gasteiger charge is 2.11. The van der Waals surface area contributed by atoms with E-state index in [-0.39, 0.29) is 23.9 Å². The van der Waals surface area contributed by atoms with Gasteiger partial charge in [0, 0.05) is 18.0 Å². The summed E-state index contributed by atoms with van der Waals surface area (Å²) in [5.74, 6) is -0.105. The lowest BCUT2D eigenvalue weighted by Gasteiger charge is -2.09. The summed E-state index contributed by atoms with van der Waals surface area (Å²) in [5.41, 5.74) is 0.296. The number of hydrogen-bond acceptors (Lipinski definition) is 3. The molecule has 3 nitrogen and oxygen atoms in total. The number of nitrogens with zero attached hydrogens (tertiary/aromatic N) is 1. The van der Waals surface area contributed by atoms with Crippen molar-refractivity contribution in [2.24, 2.45) is 0 Å². The van der Waals surface area contributed by atoms with Crippen molar-refractivity contribution < 1.29 is 9.90 Å². The Labute approximate surface area is 106 Å². The van der Waals surface area contributed by atoms with Crippen molar-refractivity contribution in [3.63, 3.8) is 0 Å². The van der Waals surface area contributed by atoms with E-state index in [1.807, 2.05) is 19.0 Å². The molecule has 0 atom stereocenters. The number of hydrogen-bond donors (Lipinski definition) is 1. The fraction of sp³-hybridized carbons (Fsp3) is 0.364. The van der Waals surface area contributed by atoms with Crippen LogP contribution in [-0.2, 0) is 0 Å². The molecule has 1 N–H and O–H groups in total. The molecule has 0 amide bonds. The van der Waals surface area contributed by atoms with E-state index in [1.165, 1.54) is 12.1 Å². The van der Waals surface area contributed by atoms with Crippen LogP contribution in [0.1, 0.15) is 16.8 Å². The minimum Gasteiger partial charge on any atom is -0.507 e. The van der Waals surface area contributed by atoms with Crippen LogP contribution < -0.4 is 0 Å². The molecule has 5 heteroatoms. The van der Waals surface area contributed by atoms with Crippen LogP contribution in [0.25, 0.3) is 0 Å². The lowest BCUT2D eigenvalue weighted by atomic mass is 10.1. The Hall–Kier alpha value is -0.770. The maximum atomic E-state index is 11.7. The third-order valence-electron chi connectivity index (χ3n) is 2.05. The summed E-state index contributed by atoms with van der Waals surface area (Å²) in [6.07, 6.45) is 0.376. The molecule has 0 heterocycles. The van der Waals surface area contributed by atoms with E-state index in [1.54, 1.807) is 6.07 Å². The molecule has 0 aromatic heterocycles. The van der Waals surface area contributed by atoms with Crippen molar-refractivity contribution in [1.82, 2.24) is 4.90 Å². The summed E-state index contributed by atoms with van der Waals surface area (Å²) in [7, 11) is 3.79. The Morgan fingerprint density at radius 2 is 2.06 bits per heavy atom. The zero-order valence-electron chi connectivity index (χ0n) is 9.24. The molecule has 0 aliphatic rings. The van der Waals surface area contributed by atoms with Gasteiger partial charge in [-0.3, -0.25) is 4.79 Å². The number of phenols is 1. The van der Waals surface area contributed by atoms with E-state index < -0.39 is 0 Å². The number of carbonyl (C=O) groups excluding carboxylic acids is 1. The van der Waals surface area contributed by atoms with Gasteiger partial charge in [0.2, 0.25) is 0 Å². The van der Waals surface area contributed by atoms with Crippen LogP contribution in [0.15, 0.2) is 18.2 Å². The Bertz CT molecular complexity index is 367. The SMILES string of the molecule is CN(C)CCC(=O)c1cc(Cl)ccc1O.Cl. The van der Waals surface area contributed by atoms with Gasteiger partial charge in [-0.2, -0.15) is 0 Å². The molecule has 0 bridgehead atoms. The first kappa shape index (κ1) is 15.2. The van der Waals surface area contributed by atoms with E-state index in [9.17, 15) is 9.90 Å². The van der Waals surface area contributed by atoms with Crippen molar-refractivity contribution in [2.75, 3.05) is 20.6 Å². The van der Waals surface area contributed by atoms with Crippen molar-refractivity contribution in [2.45, 2.75) is 6.42 Å². The van der Waals surface area contributed by atoms with Crippen LogP contribution >= 0.6 is 24.0 Å². The molecule has 0 fully saturated rings. The standard InChI is InChI=1S/C11H14ClNO2.ClH/c1-13(2)6-5-11(15)9-7-8(12)3-4-10(9)14;/h3-4,7,14H,5-6H2,1-2H3;1H. The summed E-state index contributed by atoms with van der Waals surface area (Å²) in [6, 6.07) is 4.49. The molecular formula is C11H15Cl2NO2. The van der Waals surface area contributed by atoms with Crippen molar-refractivity contribution in [3.05, 3.63) is 28.8 Å². The monoisotopic (exact) mass is 263 g/mol. The number of phenolic OH excluding ortho intramolecular Hbond substituents is 1. The average Bonchev–Trinajstić information content (AvgIpc) is 2.18. The molecular weight excluding hydrogens is 249 g/mol. The number of rotatable bonds is 4. The van der Waals surface area contributed by atoms with Gasteiger partial charge in [0.25, 0.3) is 0 Å². The topological polar surface area (TPSA) is 40.5 Å². The molecule has 90 valence electrons. The van der Waals surface area contributed by atoms with Crippen LogP contribution in [0.5, 0.6) is 5.75 Å². The first-order valence-electron chi connectivity index (χ1n) is 4.67. The van der Waals surface area contributed by atoms with Crippen LogP contribution in [0.2, 0.25) is 5.02 Å². The number of Topliss-reactive ketones (excluding diaryl/α,β-unsaturated/α-hetero) is 1. The second-order valence-electron chi connectivity index (χ2n) is 3.64. The predicted octanol–water partition coefficient (Wildman–Crippen LogP) is 2.60. The third-order valence-corrected chi connectivity index (χ3v) is 2.28. The second-order valence-corrected chi connectivity index (χ2v) is 4.07. The quantitative estimate of drug-likeness (QED) is 0.850. The fourth-order valence-corrected chi connectivity index (χ4v) is 1.36. The van der Waals surface area contributed by atoms with Gasteiger partial charge in [0.15, 0.2) is 5.78 Å². The summed E-state index contributed by atoms with van der Waals surface area (Å²) in [4.78, 5) is 13.6. The van der Waals surface area contributed by atoms with Gasteiger partial charge in [0.05, 0.1) is 5.56 Å². The van der Waals surface area contributed by atoms with Gasteiger partial charge in [0.1, 0.15) is 5.75 Å². The first-order valence-corrected chi connectivity index (χ1v) is 5.05. The molecule has 0 aliphatic heterocycles. The van der Waals surface area contributed by atoms with E-state index in [4.69, 9.17) is 11.6 Å². The molecule has 0 spiro atoms. The third kappa shape index (κ3) is 4.39. The molecule has 0 radical (unpaired) electrons. The van der Waals surface area contributed by atoms with Gasteiger partial charge in [-0.1, -0.05) is 11.6 Å². The van der Waals surface area contributed by atoms with E-state index in [0.717, 1.165) is 0 Å². The van der Waals surface area contributed by atoms with Gasteiger partial charge in [-0.05, 0) is 32.3 Å². The number of carbonyl (C=O) groups is 1. The largest absolute Gasteiger partial charge is 0.507 e. The lowest BCUT2D eigenvalue weighted by molar-refractivity contribution is 0.0970. The number of benzene rings is 1. The van der Waals surface area contributed by atoms with Crippen LogP contribution in [-0.4, -0.2) is 36.4 Å². The van der Waals surface area contributed by atoms with Crippen molar-refractivity contribution in [3.8, 4) is 5.75 Å². The normalized spacial score (nSPS) is 10.0. The number of ketones is 1. The highest BCUT2D eigenvalue weighted by molar-refractivity contribution is 6.31. The van der Waals surface area contributed by atoms with Crippen molar-refractivity contribution >= 4 is 29.8 Å². The molecule has 16 heavy (non-hydrogen) atoms. The van der Waals surface area contributed by atoms with E-state index in [2.05, 4.69) is 0 Å². The molecule has 1 aromatic carbocycles. The van der Waals surface area contributed by atoms with Gasteiger partial charge < -0.3 is 10.0 Å². The molecule has 0 aliphatic carbocycles. The molecule has 1 rings (SSSR count). The van der Waals surface area contributed by atoms with Gasteiger partial charge >= 0.3 is 0 Å². The lowest BCUT2D eigenvalue weighted by Crippen LogP contribution is -2.16. The smallest absolute Gasteiger partial charge is 0.167 e. The molecule has 0 saturated heterocycles. The summed E-state index contributed by atoms with van der Waals surface area (Å²) in [6.45, 7) is 0.658. The Morgan fingerprint density at radius 3 is 2.62 bits per heavy atom. The first-order chi connectivity index (χ1) is 7.00. The van der Waals surface area contributed by atoms with Crippen molar-refractivity contribution in [1.29, 1.82) is 0 Å². The minimum absolute atomic E-state index is 0. The highest BCUT2D eigenvalue weighted by Crippen LogP contribution is 2.22. The van der Waals surface area contributed by atoms with Gasteiger partial charge in [-0.25, -0.2) is 0 Å². The minimum atomic E-state index is -0.0938. The summed E-state index contributed by atoms with van der Waals surface area (Å²) >= 11 is 5.75. The predicted molar refractivity (Wildman–Crippen MR) is 67.9 cm³/mol. The van der Waals surface area contributed by atoms with Crippen LogP contribution in [0.4, 0.5) is 0 Å². The maximum absolute atomic E-state index is 11.7. The Kier molecular flexibility index (Phi) is 6.41. The highest BCUT2D eigenvalue weighted by atomic mass is 35.5. The number of aromatic hydroxyl groups is 1. The maximum Gasteiger partial charge on any atom is 0.167 e. The fourth-order valence-electron chi connectivity index (χ4n) is 1.19. The average molecular weight is 264 g/mol. The van der Waals surface area contributed by atoms with Crippen LogP contribution in [0.3, 0.4) is 0 Å². The zero-order chi connectivity index (χ0) is 11.4. The summed E-state index contributed by atoms with van der Waals surface area (Å²) < 4.78 is 0. The van der Waals surface area contributed by atoms with Crippen LogP contribution in [0, 0.1) is 0 Å². The number of halogens is 2. The molecule has 1 aromatic rings.